The number of nitrogens with one attached hydrogen (secondary N) is 2. The minimum Gasteiger partial charge on any atom is -0.329 e. The molecule has 114 valence electrons. The number of hydrogen-bond acceptors (Lipinski definition) is 3. The minimum atomic E-state index is -0.120. The molecule has 0 unspecified atom stereocenters. The van der Waals surface area contributed by atoms with Crippen molar-refractivity contribution < 1.29 is 4.79 Å². The average Bonchev–Trinajstić information content (AvgIpc) is 3.08. The van der Waals surface area contributed by atoms with Gasteiger partial charge in [0.25, 0.3) is 5.56 Å². The van der Waals surface area contributed by atoms with Crippen molar-refractivity contribution in [1.29, 1.82) is 0 Å². The first-order valence-corrected chi connectivity index (χ1v) is 7.81. The van der Waals surface area contributed by atoms with E-state index in [1.54, 1.807) is 18.3 Å². The van der Waals surface area contributed by atoms with E-state index in [0.717, 1.165) is 30.3 Å². The number of hydrogen-bond donors (Lipinski definition) is 3. The molecule has 2 bridgehead atoms. The Hall–Kier alpha value is -2.14. The van der Waals surface area contributed by atoms with Crippen molar-refractivity contribution >= 4 is 22.4 Å². The first kappa shape index (κ1) is 13.5. The Morgan fingerprint density at radius 1 is 1.23 bits per heavy atom. The highest BCUT2D eigenvalue weighted by Gasteiger charge is 2.49. The van der Waals surface area contributed by atoms with Crippen LogP contribution in [0.25, 0.3) is 10.8 Å². The quantitative estimate of drug-likeness (QED) is 0.790. The van der Waals surface area contributed by atoms with E-state index in [1.807, 2.05) is 12.1 Å². The van der Waals surface area contributed by atoms with E-state index in [0.29, 0.717) is 17.2 Å². The fourth-order valence-electron chi connectivity index (χ4n) is 4.22. The third kappa shape index (κ3) is 2.04. The second kappa shape index (κ2) is 4.95. The molecular formula is C17H19N3O2. The molecule has 4 rings (SSSR count). The molecule has 5 nitrogen and oxygen atoms in total. The van der Waals surface area contributed by atoms with Crippen LogP contribution in [0.1, 0.15) is 19.3 Å². The summed E-state index contributed by atoms with van der Waals surface area (Å²) in [7, 11) is 0. The van der Waals surface area contributed by atoms with E-state index < -0.39 is 0 Å². The molecular weight excluding hydrogens is 278 g/mol. The third-order valence-electron chi connectivity index (χ3n) is 5.32. The van der Waals surface area contributed by atoms with Gasteiger partial charge in [-0.3, -0.25) is 9.59 Å². The molecule has 4 atom stereocenters. The highest BCUT2D eigenvalue weighted by molar-refractivity contribution is 5.96. The Kier molecular flexibility index (Phi) is 3.04. The number of benzene rings is 1. The normalized spacial score (nSPS) is 29.9. The maximum Gasteiger partial charge on any atom is 0.255 e. The Bertz CT molecular complexity index is 796. The fourth-order valence-corrected chi connectivity index (χ4v) is 4.22. The summed E-state index contributed by atoms with van der Waals surface area (Å²) in [6.07, 6.45) is 4.98. The summed E-state index contributed by atoms with van der Waals surface area (Å²) in [5.74, 6) is 0.886. The van der Waals surface area contributed by atoms with E-state index in [4.69, 9.17) is 5.73 Å². The van der Waals surface area contributed by atoms with Gasteiger partial charge in [-0.05, 0) is 60.7 Å². The van der Waals surface area contributed by atoms with Crippen LogP contribution >= 0.6 is 0 Å². The van der Waals surface area contributed by atoms with E-state index in [9.17, 15) is 9.59 Å². The van der Waals surface area contributed by atoms with Crippen LogP contribution in [0.5, 0.6) is 0 Å². The van der Waals surface area contributed by atoms with Crippen molar-refractivity contribution in [2.75, 3.05) is 5.32 Å². The highest BCUT2D eigenvalue weighted by atomic mass is 16.2. The number of anilines is 1. The number of pyridine rings is 1. The van der Waals surface area contributed by atoms with Gasteiger partial charge in [0.2, 0.25) is 5.91 Å². The van der Waals surface area contributed by atoms with Gasteiger partial charge in [0.1, 0.15) is 0 Å². The number of fused-ring (bicyclic) bond motifs is 3. The lowest BCUT2D eigenvalue weighted by Gasteiger charge is -2.27. The van der Waals surface area contributed by atoms with E-state index in [2.05, 4.69) is 10.3 Å². The van der Waals surface area contributed by atoms with Crippen LogP contribution in [0.4, 0.5) is 5.69 Å². The number of rotatable bonds is 2. The van der Waals surface area contributed by atoms with Crippen LogP contribution in [-0.4, -0.2) is 16.9 Å². The summed E-state index contributed by atoms with van der Waals surface area (Å²) in [6.45, 7) is 0. The molecule has 0 spiro atoms. The van der Waals surface area contributed by atoms with Crippen LogP contribution < -0.4 is 16.6 Å². The number of nitrogens with two attached hydrogens (primary N) is 1. The maximum absolute atomic E-state index is 12.6. The lowest BCUT2D eigenvalue weighted by Crippen LogP contribution is -2.42. The molecule has 1 amide bonds. The Labute approximate surface area is 127 Å². The SMILES string of the molecule is N[C@H]1[C@@H]2CC[C@@H](C2)[C@H]1C(=O)Nc1ccc2c(=O)[nH]ccc2c1. The number of amides is 1. The number of aromatic amines is 1. The fraction of sp³-hybridized carbons (Fsp3) is 0.412. The zero-order chi connectivity index (χ0) is 15.3. The van der Waals surface area contributed by atoms with Crippen molar-refractivity contribution in [3.8, 4) is 0 Å². The molecule has 0 saturated heterocycles. The molecule has 2 aromatic rings. The zero-order valence-electron chi connectivity index (χ0n) is 12.2. The number of H-pyrrole nitrogens is 1. The van der Waals surface area contributed by atoms with Crippen LogP contribution in [-0.2, 0) is 4.79 Å². The topological polar surface area (TPSA) is 88.0 Å². The first-order valence-electron chi connectivity index (χ1n) is 7.81. The average molecular weight is 297 g/mol. The molecule has 0 radical (unpaired) electrons. The predicted molar refractivity (Wildman–Crippen MR) is 85.5 cm³/mol. The second-order valence-electron chi connectivity index (χ2n) is 6.53. The van der Waals surface area contributed by atoms with Gasteiger partial charge in [-0.25, -0.2) is 0 Å². The van der Waals surface area contributed by atoms with Crippen molar-refractivity contribution in [1.82, 2.24) is 4.98 Å². The standard InChI is InChI=1S/C17H19N3O2/c18-15-11-2-1-10(7-11)14(15)17(22)20-12-3-4-13-9(8-12)5-6-19-16(13)21/h3-6,8,10-11,14-15H,1-2,7,18H2,(H,19,21)(H,20,22)/t10-,11+,14+,15-/m0/s1. The van der Waals surface area contributed by atoms with Crippen molar-refractivity contribution in [2.45, 2.75) is 25.3 Å². The van der Waals surface area contributed by atoms with Gasteiger partial charge in [0.15, 0.2) is 0 Å². The van der Waals surface area contributed by atoms with E-state index in [-0.39, 0.29) is 23.4 Å². The maximum atomic E-state index is 12.6. The lowest BCUT2D eigenvalue weighted by atomic mass is 9.84. The van der Waals surface area contributed by atoms with Gasteiger partial charge in [-0.15, -0.1) is 0 Å². The predicted octanol–water partition coefficient (Wildman–Crippen LogP) is 1.84. The lowest BCUT2D eigenvalue weighted by molar-refractivity contribution is -0.121. The number of carbonyl (C=O) groups excluding carboxylic acids is 1. The molecule has 22 heavy (non-hydrogen) atoms. The summed E-state index contributed by atoms with van der Waals surface area (Å²) in [5.41, 5.74) is 6.82. The number of carbonyl (C=O) groups is 1. The van der Waals surface area contributed by atoms with Gasteiger partial charge in [0, 0.05) is 23.3 Å². The number of aromatic nitrogens is 1. The summed E-state index contributed by atoms with van der Waals surface area (Å²) in [6, 6.07) is 7.16. The minimum absolute atomic E-state index is 0.0120. The largest absolute Gasteiger partial charge is 0.329 e. The Morgan fingerprint density at radius 3 is 2.82 bits per heavy atom. The second-order valence-corrected chi connectivity index (χ2v) is 6.53. The molecule has 1 aromatic carbocycles. The van der Waals surface area contributed by atoms with Crippen LogP contribution in [0, 0.1) is 17.8 Å². The Balaban J connectivity index is 1.58. The van der Waals surface area contributed by atoms with Gasteiger partial charge in [0.05, 0.1) is 5.92 Å². The first-order chi connectivity index (χ1) is 10.6. The summed E-state index contributed by atoms with van der Waals surface area (Å²) in [5, 5.41) is 4.42. The summed E-state index contributed by atoms with van der Waals surface area (Å²) >= 11 is 0. The van der Waals surface area contributed by atoms with Crippen LogP contribution in [0.3, 0.4) is 0 Å². The van der Waals surface area contributed by atoms with Crippen LogP contribution in [0.15, 0.2) is 35.3 Å². The molecule has 2 saturated carbocycles. The zero-order valence-corrected chi connectivity index (χ0v) is 12.2. The van der Waals surface area contributed by atoms with Crippen LogP contribution in [0.2, 0.25) is 0 Å². The molecule has 2 aliphatic rings. The molecule has 4 N–H and O–H groups in total. The smallest absolute Gasteiger partial charge is 0.255 e. The van der Waals surface area contributed by atoms with Gasteiger partial charge < -0.3 is 16.0 Å². The molecule has 2 aliphatic carbocycles. The highest BCUT2D eigenvalue weighted by Crippen LogP contribution is 2.47. The monoisotopic (exact) mass is 297 g/mol. The Morgan fingerprint density at radius 2 is 2.05 bits per heavy atom. The molecule has 1 heterocycles. The van der Waals surface area contributed by atoms with Gasteiger partial charge in [-0.1, -0.05) is 0 Å². The van der Waals surface area contributed by atoms with Crippen molar-refractivity contribution in [2.24, 2.45) is 23.5 Å². The van der Waals surface area contributed by atoms with Gasteiger partial charge in [-0.2, -0.15) is 0 Å². The van der Waals surface area contributed by atoms with Crippen molar-refractivity contribution in [3.05, 3.63) is 40.8 Å². The third-order valence-corrected chi connectivity index (χ3v) is 5.32. The van der Waals surface area contributed by atoms with E-state index in [1.165, 1.54) is 0 Å². The van der Waals surface area contributed by atoms with Gasteiger partial charge >= 0.3 is 0 Å². The summed E-state index contributed by atoms with van der Waals surface area (Å²) < 4.78 is 0. The van der Waals surface area contributed by atoms with Crippen molar-refractivity contribution in [3.63, 3.8) is 0 Å². The molecule has 5 heteroatoms. The molecule has 0 aliphatic heterocycles. The summed E-state index contributed by atoms with van der Waals surface area (Å²) in [4.78, 5) is 26.9. The van der Waals surface area contributed by atoms with E-state index >= 15 is 0 Å². The molecule has 1 aromatic heterocycles. The molecule has 2 fully saturated rings.